The van der Waals surface area contributed by atoms with Crippen molar-refractivity contribution in [3.05, 3.63) is 405 Å². The lowest BCUT2D eigenvalue weighted by Crippen LogP contribution is -1.99. The van der Waals surface area contributed by atoms with E-state index in [2.05, 4.69) is 390 Å². The molecule has 5 heteroatoms. The maximum absolute atomic E-state index is 6.70. The first-order chi connectivity index (χ1) is 54.5. The number of benzene rings is 18. The average molecular weight is 1400 g/mol. The van der Waals surface area contributed by atoms with Crippen molar-refractivity contribution in [3.63, 3.8) is 0 Å². The molecule has 0 saturated carbocycles. The van der Waals surface area contributed by atoms with Crippen LogP contribution < -0.4 is 0 Å². The molecule has 1 aliphatic rings. The molecule has 24 rings (SSSR count). The van der Waals surface area contributed by atoms with Crippen LogP contribution in [-0.4, -0.2) is 13.7 Å². The van der Waals surface area contributed by atoms with Crippen LogP contribution >= 0.6 is 0 Å². The molecule has 0 fully saturated rings. The van der Waals surface area contributed by atoms with E-state index >= 15 is 0 Å². The zero-order valence-corrected chi connectivity index (χ0v) is 59.7. The molecule has 0 N–H and O–H groups in total. The number of aromatic nitrogens is 3. The maximum atomic E-state index is 6.70. The van der Waals surface area contributed by atoms with Gasteiger partial charge >= 0.3 is 0 Å². The van der Waals surface area contributed by atoms with Crippen LogP contribution in [0.4, 0.5) is 0 Å². The molecule has 23 aromatic rings. The molecule has 110 heavy (non-hydrogen) atoms. The highest BCUT2D eigenvalue weighted by Gasteiger charge is 2.31. The summed E-state index contributed by atoms with van der Waals surface area (Å²) in [5.74, 6) is 0.179. The second-order valence-corrected chi connectivity index (χ2v) is 29.4. The van der Waals surface area contributed by atoms with Crippen LogP contribution in [0.15, 0.2) is 397 Å². The van der Waals surface area contributed by atoms with E-state index in [-0.39, 0.29) is 5.92 Å². The Morgan fingerprint density at radius 1 is 0.209 bits per heavy atom. The molecule has 1 unspecified atom stereocenters. The molecule has 512 valence electrons. The monoisotopic (exact) mass is 1400 g/mol. The van der Waals surface area contributed by atoms with E-state index in [4.69, 9.17) is 8.83 Å². The Balaban J connectivity index is 0.000000132. The molecule has 0 radical (unpaired) electrons. The summed E-state index contributed by atoms with van der Waals surface area (Å²) in [6.45, 7) is 0. The lowest BCUT2D eigenvalue weighted by atomic mass is 9.87. The molecule has 18 aromatic carbocycles. The third-order valence-electron chi connectivity index (χ3n) is 23.3. The van der Waals surface area contributed by atoms with E-state index in [0.29, 0.717) is 0 Å². The van der Waals surface area contributed by atoms with Gasteiger partial charge in [-0.1, -0.05) is 273 Å². The molecule has 0 saturated heterocycles. The fourth-order valence-electron chi connectivity index (χ4n) is 18.3. The van der Waals surface area contributed by atoms with Crippen LogP contribution in [0.3, 0.4) is 0 Å². The summed E-state index contributed by atoms with van der Waals surface area (Å²) in [5.41, 5.74) is 30.4. The Morgan fingerprint density at radius 3 is 1.36 bits per heavy atom. The quantitative estimate of drug-likeness (QED) is 0.152. The smallest absolute Gasteiger partial charge is 0.160 e. The number of rotatable bonds is 8. The fraction of sp³-hybridized carbons (Fsp3) is 0.00952. The van der Waals surface area contributed by atoms with Gasteiger partial charge in [0.25, 0.3) is 0 Å². The second kappa shape index (κ2) is 24.5. The molecule has 5 heterocycles. The number of fused-ring (bicyclic) bond motifs is 22. The molecule has 0 spiro atoms. The van der Waals surface area contributed by atoms with Gasteiger partial charge in [0.1, 0.15) is 16.7 Å². The fourth-order valence-corrected chi connectivity index (χ4v) is 18.3. The maximum Gasteiger partial charge on any atom is 0.160 e. The van der Waals surface area contributed by atoms with Crippen molar-refractivity contribution >= 4 is 131 Å². The van der Waals surface area contributed by atoms with E-state index in [9.17, 15) is 0 Å². The van der Waals surface area contributed by atoms with Crippen molar-refractivity contribution in [2.75, 3.05) is 0 Å². The lowest BCUT2D eigenvalue weighted by Gasteiger charge is -2.16. The molecule has 5 nitrogen and oxygen atoms in total. The van der Waals surface area contributed by atoms with E-state index in [1.54, 1.807) is 0 Å². The Bertz CT molecular complexity index is 7730. The molecule has 0 aliphatic heterocycles. The Labute approximate surface area is 632 Å². The predicted molar refractivity (Wildman–Crippen MR) is 460 cm³/mol. The van der Waals surface area contributed by atoms with Gasteiger partial charge in [-0.05, 0) is 209 Å². The normalized spacial score (nSPS) is 12.8. The Morgan fingerprint density at radius 2 is 0.673 bits per heavy atom. The standard InChI is InChI=1S/C53H33NO.C52H32N2O/c1-2-11-33(12-3-1)35-15-10-16-39(29-35)51-42-18-7-6-17-41(42)46-31-37(22-25-43(46)51)38-23-27-48-47(32-38)44-26-28-50-52(45-19-8-9-20-49(45)55-50)53(44)54(48)40-24-21-34-13-4-5-14-36(34)30-40;1-2-11-33(12-3-1)36-15-10-16-39(29-36)53-47-19-8-6-17-41(47)45-31-37(22-27-48(45)53)38-23-28-49-46(32-38)43-25-26-44-42-18-7-9-20-50(42)55-52(44)51(43)54(49)40-24-21-34-13-4-5-14-35(34)30-40/h1-32,51H;1-32H. The number of furan rings is 2. The molecule has 5 aromatic heterocycles. The van der Waals surface area contributed by atoms with Gasteiger partial charge in [0, 0.05) is 71.5 Å². The van der Waals surface area contributed by atoms with Crippen LogP contribution in [0.2, 0.25) is 0 Å². The summed E-state index contributed by atoms with van der Waals surface area (Å²) in [5, 5.41) is 16.7. The largest absolute Gasteiger partial charge is 0.456 e. The minimum atomic E-state index is 0.179. The molecule has 1 atom stereocenters. The highest BCUT2D eigenvalue weighted by molar-refractivity contribution is 6.26. The summed E-state index contributed by atoms with van der Waals surface area (Å²) in [6, 6.07) is 141. The van der Waals surface area contributed by atoms with Gasteiger partial charge in [0.05, 0.1) is 38.5 Å². The van der Waals surface area contributed by atoms with E-state index in [1.807, 2.05) is 12.1 Å². The SMILES string of the molecule is c1ccc(-c2cccc(-n3c4ccccc4c4cc(-c5ccc6c(c5)c5ccc7c8ccccc8oc7c5n6-c5ccc6ccccc6c5)ccc43)c2)cc1.c1ccc(-c2cccc(C3c4ccccc4-c4cc(-c5ccc6c(c5)c5ccc7oc8ccccc8c7c5n6-c5ccc6ccccc6c5)ccc43)c2)cc1. The van der Waals surface area contributed by atoms with Gasteiger partial charge in [-0.3, -0.25) is 0 Å². The van der Waals surface area contributed by atoms with Crippen LogP contribution in [0, 0.1) is 0 Å². The van der Waals surface area contributed by atoms with Crippen LogP contribution in [-0.2, 0) is 0 Å². The first-order valence-corrected chi connectivity index (χ1v) is 37.9. The van der Waals surface area contributed by atoms with Crippen molar-refractivity contribution in [1.82, 2.24) is 13.7 Å². The first-order valence-electron chi connectivity index (χ1n) is 37.9. The minimum absolute atomic E-state index is 0.179. The van der Waals surface area contributed by atoms with Gasteiger partial charge in [0.15, 0.2) is 5.58 Å². The summed E-state index contributed by atoms with van der Waals surface area (Å²) in [7, 11) is 0. The van der Waals surface area contributed by atoms with Crippen molar-refractivity contribution < 1.29 is 8.83 Å². The van der Waals surface area contributed by atoms with Crippen molar-refractivity contribution in [3.8, 4) is 72.7 Å². The lowest BCUT2D eigenvalue weighted by molar-refractivity contribution is 0.669. The third-order valence-corrected chi connectivity index (χ3v) is 23.3. The number of hydrogen-bond acceptors (Lipinski definition) is 2. The van der Waals surface area contributed by atoms with E-state index < -0.39 is 0 Å². The zero-order chi connectivity index (χ0) is 72.1. The Kier molecular flexibility index (Phi) is 13.8. The zero-order valence-electron chi connectivity index (χ0n) is 59.7. The number of nitrogens with zero attached hydrogens (tertiary/aromatic N) is 3. The minimum Gasteiger partial charge on any atom is -0.456 e. The molecule has 1 aliphatic carbocycles. The Hall–Kier alpha value is -14.5. The summed E-state index contributed by atoms with van der Waals surface area (Å²) in [4.78, 5) is 0. The van der Waals surface area contributed by atoms with Crippen molar-refractivity contribution in [2.24, 2.45) is 0 Å². The first kappa shape index (κ1) is 61.8. The van der Waals surface area contributed by atoms with E-state index in [0.717, 1.165) is 72.0 Å². The van der Waals surface area contributed by atoms with Crippen LogP contribution in [0.25, 0.3) is 204 Å². The van der Waals surface area contributed by atoms with Gasteiger partial charge < -0.3 is 22.5 Å². The molecule has 0 bridgehead atoms. The van der Waals surface area contributed by atoms with E-state index in [1.165, 1.54) is 148 Å². The predicted octanol–water partition coefficient (Wildman–Crippen LogP) is 28.6. The topological polar surface area (TPSA) is 41.1 Å². The van der Waals surface area contributed by atoms with Crippen molar-refractivity contribution in [2.45, 2.75) is 5.92 Å². The summed E-state index contributed by atoms with van der Waals surface area (Å²) in [6.07, 6.45) is 0. The summed E-state index contributed by atoms with van der Waals surface area (Å²) >= 11 is 0. The van der Waals surface area contributed by atoms with Gasteiger partial charge in [0.2, 0.25) is 0 Å². The second-order valence-electron chi connectivity index (χ2n) is 29.4. The van der Waals surface area contributed by atoms with Gasteiger partial charge in [-0.2, -0.15) is 0 Å². The van der Waals surface area contributed by atoms with Crippen LogP contribution in [0.1, 0.15) is 22.6 Å². The molecule has 0 amide bonds. The highest BCUT2D eigenvalue weighted by Crippen LogP contribution is 2.51. The molecular formula is C105H65N3O2. The summed E-state index contributed by atoms with van der Waals surface area (Å²) < 4.78 is 20.4. The van der Waals surface area contributed by atoms with Crippen molar-refractivity contribution in [1.29, 1.82) is 0 Å². The van der Waals surface area contributed by atoms with Crippen LogP contribution in [0.5, 0.6) is 0 Å². The van der Waals surface area contributed by atoms with Gasteiger partial charge in [-0.25, -0.2) is 0 Å². The highest BCUT2D eigenvalue weighted by atomic mass is 16.3. The number of para-hydroxylation sites is 3. The molecular weight excluding hydrogens is 1340 g/mol. The third kappa shape index (κ3) is 9.67. The number of hydrogen-bond donors (Lipinski definition) is 0. The average Bonchev–Trinajstić information content (AvgIpc) is 1.57. The van der Waals surface area contributed by atoms with Gasteiger partial charge in [-0.15, -0.1) is 0 Å².